The summed E-state index contributed by atoms with van der Waals surface area (Å²) in [6, 6.07) is 0. The van der Waals surface area contributed by atoms with Gasteiger partial charge in [0, 0.05) is 19.3 Å². The van der Waals surface area contributed by atoms with Gasteiger partial charge in [0.05, 0.1) is 0 Å². The van der Waals surface area contributed by atoms with Crippen molar-refractivity contribution in [2.24, 2.45) is 0 Å². The maximum Gasteiger partial charge on any atom is 0.306 e. The first-order chi connectivity index (χ1) is 33.5. The van der Waals surface area contributed by atoms with Crippen LogP contribution in [0.1, 0.15) is 297 Å². The molecule has 0 heterocycles. The number of unbranched alkanes of at least 4 members (excludes halogenated alkanes) is 32. The highest BCUT2D eigenvalue weighted by molar-refractivity contribution is 5.71. The first-order valence-electron chi connectivity index (χ1n) is 29.3. The molecule has 0 aromatic rings. The lowest BCUT2D eigenvalue weighted by molar-refractivity contribution is -0.167. The predicted molar refractivity (Wildman–Crippen MR) is 293 cm³/mol. The van der Waals surface area contributed by atoms with Crippen molar-refractivity contribution in [3.05, 3.63) is 60.8 Å². The van der Waals surface area contributed by atoms with E-state index < -0.39 is 6.10 Å². The van der Waals surface area contributed by atoms with E-state index in [2.05, 4.69) is 81.5 Å². The van der Waals surface area contributed by atoms with Gasteiger partial charge in [-0.3, -0.25) is 14.4 Å². The number of hydrogen-bond donors (Lipinski definition) is 0. The molecule has 1 unspecified atom stereocenters. The molecule has 0 aliphatic carbocycles. The van der Waals surface area contributed by atoms with Gasteiger partial charge in [0.25, 0.3) is 0 Å². The van der Waals surface area contributed by atoms with E-state index in [1.807, 2.05) is 0 Å². The molecule has 0 fully saturated rings. The van der Waals surface area contributed by atoms with Gasteiger partial charge in [0.1, 0.15) is 13.2 Å². The summed E-state index contributed by atoms with van der Waals surface area (Å²) in [6.07, 6.45) is 71.1. The third kappa shape index (κ3) is 54.1. The van der Waals surface area contributed by atoms with Gasteiger partial charge in [-0.2, -0.15) is 0 Å². The predicted octanol–water partition coefficient (Wildman–Crippen LogP) is 19.6. The molecule has 0 saturated carbocycles. The molecular weight excluding hydrogens is 841 g/mol. The van der Waals surface area contributed by atoms with Crippen molar-refractivity contribution in [1.82, 2.24) is 0 Å². The second-order valence-corrected chi connectivity index (χ2v) is 19.5. The summed E-state index contributed by atoms with van der Waals surface area (Å²) in [4.78, 5) is 37.9. The Balaban J connectivity index is 4.07. The van der Waals surface area contributed by atoms with Crippen LogP contribution in [0.3, 0.4) is 0 Å². The Kier molecular flexibility index (Phi) is 54.3. The second-order valence-electron chi connectivity index (χ2n) is 19.5. The Morgan fingerprint density at radius 1 is 0.309 bits per heavy atom. The lowest BCUT2D eigenvalue weighted by atomic mass is 10.0. The molecule has 0 bridgehead atoms. The highest BCUT2D eigenvalue weighted by Crippen LogP contribution is 2.16. The lowest BCUT2D eigenvalue weighted by Crippen LogP contribution is -2.30. The van der Waals surface area contributed by atoms with Crippen molar-refractivity contribution in [2.75, 3.05) is 13.2 Å². The largest absolute Gasteiger partial charge is 0.462 e. The summed E-state index contributed by atoms with van der Waals surface area (Å²) in [7, 11) is 0. The first kappa shape index (κ1) is 65.1. The average molecular weight is 952 g/mol. The van der Waals surface area contributed by atoms with Crippen LogP contribution in [0.5, 0.6) is 0 Å². The lowest BCUT2D eigenvalue weighted by Gasteiger charge is -2.18. The van der Waals surface area contributed by atoms with Crippen LogP contribution in [0.25, 0.3) is 0 Å². The Bertz CT molecular complexity index is 1230. The van der Waals surface area contributed by atoms with Crippen LogP contribution >= 0.6 is 0 Å². The number of carbonyl (C=O) groups is 3. The molecule has 0 saturated heterocycles. The van der Waals surface area contributed by atoms with E-state index in [0.717, 1.165) is 89.9 Å². The van der Waals surface area contributed by atoms with E-state index in [9.17, 15) is 14.4 Å². The molecule has 0 aromatic heterocycles. The second kappa shape index (κ2) is 56.7. The van der Waals surface area contributed by atoms with Gasteiger partial charge in [0.2, 0.25) is 0 Å². The molecule has 6 nitrogen and oxygen atoms in total. The number of allylic oxidation sites excluding steroid dienone is 10. The Labute approximate surface area is 421 Å². The Morgan fingerprint density at radius 3 is 0.912 bits per heavy atom. The van der Waals surface area contributed by atoms with Crippen LogP contribution in [0.4, 0.5) is 0 Å². The summed E-state index contributed by atoms with van der Waals surface area (Å²) < 4.78 is 16.8. The minimum absolute atomic E-state index is 0.0833. The molecule has 0 aromatic carbocycles. The molecule has 1 atom stereocenters. The van der Waals surface area contributed by atoms with E-state index in [1.165, 1.54) is 167 Å². The summed E-state index contributed by atoms with van der Waals surface area (Å²) in [5, 5.41) is 0. The van der Waals surface area contributed by atoms with E-state index in [0.29, 0.717) is 19.3 Å². The number of carbonyl (C=O) groups excluding carboxylic acids is 3. The molecule has 0 amide bonds. The van der Waals surface area contributed by atoms with Crippen LogP contribution in [0, 0.1) is 0 Å². The molecular formula is C62H110O6. The third-order valence-electron chi connectivity index (χ3n) is 12.8. The zero-order chi connectivity index (χ0) is 49.3. The minimum atomic E-state index is -0.785. The number of ether oxygens (including phenoxy) is 3. The van der Waals surface area contributed by atoms with Crippen molar-refractivity contribution in [3.8, 4) is 0 Å². The van der Waals surface area contributed by atoms with Gasteiger partial charge >= 0.3 is 17.9 Å². The van der Waals surface area contributed by atoms with Gasteiger partial charge in [0.15, 0.2) is 6.10 Å². The molecule has 0 aliphatic heterocycles. The van der Waals surface area contributed by atoms with Crippen LogP contribution in [-0.2, 0) is 28.6 Å². The molecule has 394 valence electrons. The van der Waals surface area contributed by atoms with E-state index in [1.54, 1.807) is 0 Å². The SMILES string of the molecule is CC/C=C\C/C=C\C/C=C\CCCCCC(=O)OC(COC(=O)CCCCCCCCCC)COC(=O)CCCCCCCCCCCCCCCCCCC/C=C\C/C=C\CCCCCCC. The topological polar surface area (TPSA) is 78.9 Å². The molecule has 0 aliphatic rings. The maximum absolute atomic E-state index is 12.8. The fourth-order valence-electron chi connectivity index (χ4n) is 8.37. The fourth-order valence-corrected chi connectivity index (χ4v) is 8.37. The molecule has 0 radical (unpaired) electrons. The third-order valence-corrected chi connectivity index (χ3v) is 12.8. The van der Waals surface area contributed by atoms with Crippen LogP contribution in [-0.4, -0.2) is 37.2 Å². The van der Waals surface area contributed by atoms with E-state index in [-0.39, 0.29) is 31.1 Å². The van der Waals surface area contributed by atoms with Gasteiger partial charge in [-0.1, -0.05) is 255 Å². The van der Waals surface area contributed by atoms with Gasteiger partial charge in [-0.05, 0) is 83.5 Å². The van der Waals surface area contributed by atoms with Crippen LogP contribution in [0.2, 0.25) is 0 Å². The van der Waals surface area contributed by atoms with Gasteiger partial charge in [-0.25, -0.2) is 0 Å². The van der Waals surface area contributed by atoms with Gasteiger partial charge in [-0.15, -0.1) is 0 Å². The quantitative estimate of drug-likeness (QED) is 0.0262. The van der Waals surface area contributed by atoms with Crippen molar-refractivity contribution in [3.63, 3.8) is 0 Å². The van der Waals surface area contributed by atoms with E-state index in [4.69, 9.17) is 14.2 Å². The number of rotatable bonds is 53. The van der Waals surface area contributed by atoms with Crippen molar-refractivity contribution >= 4 is 17.9 Å². The van der Waals surface area contributed by atoms with Gasteiger partial charge < -0.3 is 14.2 Å². The van der Waals surface area contributed by atoms with Crippen molar-refractivity contribution in [2.45, 2.75) is 303 Å². The summed E-state index contributed by atoms with van der Waals surface area (Å²) >= 11 is 0. The number of hydrogen-bond acceptors (Lipinski definition) is 6. The monoisotopic (exact) mass is 951 g/mol. The molecule has 68 heavy (non-hydrogen) atoms. The molecule has 0 spiro atoms. The van der Waals surface area contributed by atoms with Crippen LogP contribution in [0.15, 0.2) is 60.8 Å². The van der Waals surface area contributed by atoms with Crippen molar-refractivity contribution in [1.29, 1.82) is 0 Å². The summed E-state index contributed by atoms with van der Waals surface area (Å²) in [6.45, 7) is 6.48. The van der Waals surface area contributed by atoms with E-state index >= 15 is 0 Å². The first-order valence-corrected chi connectivity index (χ1v) is 29.3. The highest BCUT2D eigenvalue weighted by atomic mass is 16.6. The van der Waals surface area contributed by atoms with Crippen molar-refractivity contribution < 1.29 is 28.6 Å². The summed E-state index contributed by atoms with van der Waals surface area (Å²) in [5.41, 5.74) is 0. The highest BCUT2D eigenvalue weighted by Gasteiger charge is 2.19. The summed E-state index contributed by atoms with van der Waals surface area (Å²) in [5.74, 6) is -0.908. The fraction of sp³-hybridized carbons (Fsp3) is 0.790. The number of esters is 3. The minimum Gasteiger partial charge on any atom is -0.462 e. The Hall–Kier alpha value is -2.89. The Morgan fingerprint density at radius 2 is 0.574 bits per heavy atom. The van der Waals surface area contributed by atoms with Crippen LogP contribution < -0.4 is 0 Å². The zero-order valence-corrected chi connectivity index (χ0v) is 45.1. The maximum atomic E-state index is 12.8. The molecule has 0 rings (SSSR count). The average Bonchev–Trinajstić information content (AvgIpc) is 3.34. The standard InChI is InChI=1S/C62H110O6/c1-4-7-10-13-16-19-21-23-24-25-26-27-28-29-30-31-32-33-34-35-36-37-38-40-41-43-46-49-52-55-61(64)67-58-59(57-66-60(63)54-51-48-45-18-15-12-9-6-3)68-62(65)56-53-50-47-44-42-39-22-20-17-14-11-8-5-2/h8,11,17,20-21,23,25-26,39,42,59H,4-7,9-10,12-16,18-19,22,24,27-38,40-41,43-58H2,1-3H3/b11-8-,20-17-,23-21-,26-25-,42-39-. The molecule has 6 heteroatoms. The normalized spacial score (nSPS) is 12.5. The zero-order valence-electron chi connectivity index (χ0n) is 45.1. The smallest absolute Gasteiger partial charge is 0.306 e. The molecule has 0 N–H and O–H groups in total.